The summed E-state index contributed by atoms with van der Waals surface area (Å²) in [5, 5.41) is 4.76. The third kappa shape index (κ3) is 4.47. The Hall–Kier alpha value is -0.220. The summed E-state index contributed by atoms with van der Waals surface area (Å²) < 4.78 is 0. The van der Waals surface area contributed by atoms with Crippen molar-refractivity contribution >= 4 is 16.9 Å². The Morgan fingerprint density at radius 2 is 2.17 bits per heavy atom. The van der Waals surface area contributed by atoms with Gasteiger partial charge in [-0.1, -0.05) is 25.6 Å². The molecule has 0 amide bonds. The normalized spacial score (nSPS) is 27.9. The van der Waals surface area contributed by atoms with Gasteiger partial charge in [0.15, 0.2) is 5.17 Å². The molecule has 0 aliphatic carbocycles. The van der Waals surface area contributed by atoms with Crippen LogP contribution in [0, 0.1) is 5.92 Å². The van der Waals surface area contributed by atoms with Gasteiger partial charge >= 0.3 is 0 Å². The molecule has 1 N–H and O–H groups in total. The fourth-order valence-electron chi connectivity index (χ4n) is 2.63. The van der Waals surface area contributed by atoms with E-state index in [0.29, 0.717) is 12.0 Å². The predicted molar refractivity (Wildman–Crippen MR) is 81.4 cm³/mol. The summed E-state index contributed by atoms with van der Waals surface area (Å²) in [7, 11) is 0. The van der Waals surface area contributed by atoms with Gasteiger partial charge in [0.2, 0.25) is 0 Å². The molecule has 0 aromatic heterocycles. The van der Waals surface area contributed by atoms with Crippen molar-refractivity contribution in [3.05, 3.63) is 0 Å². The lowest BCUT2D eigenvalue weighted by Crippen LogP contribution is -2.41. The largest absolute Gasteiger partial charge is 0.362 e. The van der Waals surface area contributed by atoms with E-state index in [1.165, 1.54) is 56.2 Å². The maximum atomic E-state index is 4.72. The van der Waals surface area contributed by atoms with Gasteiger partial charge in [-0.15, -0.1) is 0 Å². The number of nitrogens with one attached hydrogen (secondary N) is 1. The lowest BCUT2D eigenvalue weighted by atomic mass is 10.0. The minimum atomic E-state index is 0.628. The average molecular weight is 269 g/mol. The zero-order valence-electron chi connectivity index (χ0n) is 11.8. The minimum Gasteiger partial charge on any atom is -0.362 e. The Balaban J connectivity index is 1.65. The van der Waals surface area contributed by atoms with Crippen molar-refractivity contribution in [2.75, 3.05) is 31.9 Å². The molecule has 4 heteroatoms. The molecule has 0 spiro atoms. The summed E-state index contributed by atoms with van der Waals surface area (Å²) >= 11 is 1.89. The van der Waals surface area contributed by atoms with Crippen molar-refractivity contribution < 1.29 is 0 Å². The molecule has 2 aliphatic rings. The van der Waals surface area contributed by atoms with Crippen LogP contribution in [-0.2, 0) is 0 Å². The second-order valence-electron chi connectivity index (χ2n) is 5.72. The summed E-state index contributed by atoms with van der Waals surface area (Å²) in [5.74, 6) is 1.93. The van der Waals surface area contributed by atoms with Gasteiger partial charge in [0, 0.05) is 18.3 Å². The molecule has 2 aliphatic heterocycles. The quantitative estimate of drug-likeness (QED) is 0.777. The molecular weight excluding hydrogens is 242 g/mol. The van der Waals surface area contributed by atoms with Crippen LogP contribution in [0.3, 0.4) is 0 Å². The van der Waals surface area contributed by atoms with Gasteiger partial charge in [-0.3, -0.25) is 4.99 Å². The number of hydrogen-bond donors (Lipinski definition) is 1. The topological polar surface area (TPSA) is 27.6 Å². The highest BCUT2D eigenvalue weighted by molar-refractivity contribution is 8.13. The Kier molecular flexibility index (Phi) is 5.83. The fourth-order valence-corrected chi connectivity index (χ4v) is 3.61. The van der Waals surface area contributed by atoms with Crippen LogP contribution in [-0.4, -0.2) is 48.0 Å². The zero-order valence-corrected chi connectivity index (χ0v) is 12.6. The monoisotopic (exact) mass is 269 g/mol. The number of amidine groups is 1. The molecule has 2 saturated heterocycles. The number of rotatable bonds is 5. The first kappa shape index (κ1) is 14.2. The summed E-state index contributed by atoms with van der Waals surface area (Å²) in [5.41, 5.74) is 0. The van der Waals surface area contributed by atoms with E-state index in [4.69, 9.17) is 4.99 Å². The van der Waals surface area contributed by atoms with Crippen molar-refractivity contribution in [2.24, 2.45) is 10.9 Å². The second-order valence-corrected chi connectivity index (χ2v) is 6.80. The Labute approximate surface area is 116 Å². The number of nitrogens with zero attached hydrogens (tertiary/aromatic N) is 2. The second kappa shape index (κ2) is 7.39. The summed E-state index contributed by atoms with van der Waals surface area (Å²) in [6.07, 6.45) is 5.26. The van der Waals surface area contributed by atoms with Gasteiger partial charge in [-0.25, -0.2) is 0 Å². The summed E-state index contributed by atoms with van der Waals surface area (Å²) in [6, 6.07) is 0.628. The van der Waals surface area contributed by atoms with Crippen LogP contribution in [0.2, 0.25) is 0 Å². The molecule has 0 saturated carbocycles. The summed E-state index contributed by atoms with van der Waals surface area (Å²) in [4.78, 5) is 7.29. The van der Waals surface area contributed by atoms with Gasteiger partial charge in [0.25, 0.3) is 0 Å². The van der Waals surface area contributed by atoms with Crippen LogP contribution in [0.5, 0.6) is 0 Å². The maximum Gasteiger partial charge on any atom is 0.156 e. The average Bonchev–Trinajstić information content (AvgIpc) is 2.88. The lowest BCUT2D eigenvalue weighted by Gasteiger charge is -2.28. The van der Waals surface area contributed by atoms with E-state index in [1.807, 2.05) is 11.8 Å². The highest BCUT2D eigenvalue weighted by Gasteiger charge is 2.19. The van der Waals surface area contributed by atoms with Crippen LogP contribution in [0.4, 0.5) is 0 Å². The van der Waals surface area contributed by atoms with Gasteiger partial charge in [-0.2, -0.15) is 0 Å². The molecule has 0 bridgehead atoms. The molecular formula is C14H27N3S. The number of thioether (sulfide) groups is 1. The SMILES string of the molecule is CC(C)C1CCSC(=NCCCN2CCCC2)N1. The van der Waals surface area contributed by atoms with Gasteiger partial charge in [0.1, 0.15) is 0 Å². The molecule has 2 heterocycles. The van der Waals surface area contributed by atoms with Crippen molar-refractivity contribution in [3.63, 3.8) is 0 Å². The first-order valence-corrected chi connectivity index (χ1v) is 8.40. The van der Waals surface area contributed by atoms with E-state index >= 15 is 0 Å². The molecule has 2 rings (SSSR count). The maximum absolute atomic E-state index is 4.72. The van der Waals surface area contributed by atoms with E-state index in [1.54, 1.807) is 0 Å². The van der Waals surface area contributed by atoms with Gasteiger partial charge < -0.3 is 10.2 Å². The highest BCUT2D eigenvalue weighted by Crippen LogP contribution is 2.18. The van der Waals surface area contributed by atoms with E-state index in [0.717, 1.165) is 6.54 Å². The molecule has 18 heavy (non-hydrogen) atoms. The molecule has 3 nitrogen and oxygen atoms in total. The van der Waals surface area contributed by atoms with Crippen LogP contribution in [0.25, 0.3) is 0 Å². The molecule has 0 radical (unpaired) electrons. The number of likely N-dealkylation sites (tertiary alicyclic amines) is 1. The Morgan fingerprint density at radius 3 is 2.89 bits per heavy atom. The van der Waals surface area contributed by atoms with E-state index in [9.17, 15) is 0 Å². The third-order valence-electron chi connectivity index (χ3n) is 3.87. The van der Waals surface area contributed by atoms with Gasteiger partial charge in [0.05, 0.1) is 0 Å². The number of hydrogen-bond acceptors (Lipinski definition) is 3. The van der Waals surface area contributed by atoms with Crippen molar-refractivity contribution in [1.29, 1.82) is 0 Å². The standard InChI is InChI=1S/C14H27N3S/c1-12(2)13-6-11-18-14(16-13)15-7-5-10-17-8-3-4-9-17/h12-13H,3-11H2,1-2H3,(H,15,16). The van der Waals surface area contributed by atoms with Crippen LogP contribution in [0.1, 0.15) is 39.5 Å². The molecule has 104 valence electrons. The first-order valence-electron chi connectivity index (χ1n) is 7.42. The molecule has 1 unspecified atom stereocenters. The predicted octanol–water partition coefficient (Wildman–Crippen LogP) is 2.58. The van der Waals surface area contributed by atoms with Crippen molar-refractivity contribution in [2.45, 2.75) is 45.6 Å². The fraction of sp³-hybridized carbons (Fsp3) is 0.929. The van der Waals surface area contributed by atoms with Crippen molar-refractivity contribution in [1.82, 2.24) is 10.2 Å². The lowest BCUT2D eigenvalue weighted by molar-refractivity contribution is 0.336. The van der Waals surface area contributed by atoms with Crippen LogP contribution >= 0.6 is 11.8 Å². The first-order chi connectivity index (χ1) is 8.75. The molecule has 1 atom stereocenters. The van der Waals surface area contributed by atoms with E-state index in [-0.39, 0.29) is 0 Å². The highest BCUT2D eigenvalue weighted by atomic mass is 32.2. The van der Waals surface area contributed by atoms with E-state index < -0.39 is 0 Å². The Morgan fingerprint density at radius 1 is 1.39 bits per heavy atom. The van der Waals surface area contributed by atoms with Crippen LogP contribution < -0.4 is 5.32 Å². The van der Waals surface area contributed by atoms with Crippen molar-refractivity contribution in [3.8, 4) is 0 Å². The molecule has 0 aromatic rings. The third-order valence-corrected chi connectivity index (χ3v) is 4.83. The molecule has 0 aromatic carbocycles. The Bertz CT molecular complexity index is 272. The minimum absolute atomic E-state index is 0.628. The van der Waals surface area contributed by atoms with E-state index in [2.05, 4.69) is 24.1 Å². The van der Waals surface area contributed by atoms with Gasteiger partial charge in [-0.05, 0) is 51.2 Å². The zero-order chi connectivity index (χ0) is 12.8. The number of aliphatic imine (C=N–C) groups is 1. The smallest absolute Gasteiger partial charge is 0.156 e. The summed E-state index contributed by atoms with van der Waals surface area (Å²) in [6.45, 7) is 9.40. The molecule has 2 fully saturated rings. The van der Waals surface area contributed by atoms with Crippen LogP contribution in [0.15, 0.2) is 4.99 Å².